The Morgan fingerprint density at radius 3 is 2.55 bits per heavy atom. The smallest absolute Gasteiger partial charge is 0.256 e. The third kappa shape index (κ3) is 2.70. The number of hydrogen-bond acceptors (Lipinski definition) is 4. The molecule has 0 bridgehead atoms. The first-order valence-electron chi connectivity index (χ1n) is 6.54. The third-order valence-electron chi connectivity index (χ3n) is 3.28. The van der Waals surface area contributed by atoms with Crippen LogP contribution in [0.2, 0.25) is 0 Å². The number of carbonyl (C=O) groups excluding carboxylic acids is 1. The number of carbonyl (C=O) groups is 1. The van der Waals surface area contributed by atoms with Crippen molar-refractivity contribution in [1.29, 1.82) is 0 Å². The zero-order valence-corrected chi connectivity index (χ0v) is 12.6. The van der Waals surface area contributed by atoms with Crippen LogP contribution < -0.4 is 9.64 Å². The van der Waals surface area contributed by atoms with Gasteiger partial charge in [-0.3, -0.25) is 4.79 Å². The predicted octanol–water partition coefficient (Wildman–Crippen LogP) is 3.47. The van der Waals surface area contributed by atoms with Crippen molar-refractivity contribution in [1.82, 2.24) is 4.98 Å². The summed E-state index contributed by atoms with van der Waals surface area (Å²) in [6, 6.07) is 7.34. The van der Waals surface area contributed by atoms with Gasteiger partial charge in [-0.2, -0.15) is 0 Å². The monoisotopic (exact) mass is 292 g/mol. The highest BCUT2D eigenvalue weighted by atomic mass is 35.5. The maximum Gasteiger partial charge on any atom is 0.256 e. The molecule has 1 aromatic carbocycles. The Balaban J connectivity index is 2.68. The second-order valence-electron chi connectivity index (χ2n) is 4.36. The lowest BCUT2D eigenvalue weighted by Crippen LogP contribution is -2.25. The predicted molar refractivity (Wildman–Crippen MR) is 82.0 cm³/mol. The Bertz CT molecular complexity index is 639. The third-order valence-corrected chi connectivity index (χ3v) is 3.48. The molecule has 0 aliphatic heterocycles. The van der Waals surface area contributed by atoms with E-state index in [0.717, 1.165) is 29.7 Å². The van der Waals surface area contributed by atoms with Gasteiger partial charge >= 0.3 is 0 Å². The van der Waals surface area contributed by atoms with Gasteiger partial charge in [0.05, 0.1) is 18.2 Å². The lowest BCUT2D eigenvalue weighted by molar-refractivity contribution is 0.108. The summed E-state index contributed by atoms with van der Waals surface area (Å²) >= 11 is 5.70. The van der Waals surface area contributed by atoms with Crippen LogP contribution in [0, 0.1) is 0 Å². The lowest BCUT2D eigenvalue weighted by atomic mass is 10.1. The number of rotatable bonds is 5. The van der Waals surface area contributed by atoms with Crippen molar-refractivity contribution in [2.24, 2.45) is 0 Å². The molecular formula is C15H17ClN2O2. The first kappa shape index (κ1) is 14.6. The van der Waals surface area contributed by atoms with Crippen molar-refractivity contribution in [3.05, 3.63) is 29.8 Å². The van der Waals surface area contributed by atoms with Gasteiger partial charge < -0.3 is 9.64 Å². The topological polar surface area (TPSA) is 42.4 Å². The zero-order chi connectivity index (χ0) is 14.7. The van der Waals surface area contributed by atoms with Gasteiger partial charge in [0.15, 0.2) is 0 Å². The highest BCUT2D eigenvalue weighted by molar-refractivity contribution is 6.68. The molecule has 0 saturated carbocycles. The van der Waals surface area contributed by atoms with Crippen molar-refractivity contribution in [2.45, 2.75) is 13.8 Å². The Morgan fingerprint density at radius 1 is 1.30 bits per heavy atom. The Morgan fingerprint density at radius 2 is 2.00 bits per heavy atom. The number of fused-ring (bicyclic) bond motifs is 1. The molecule has 5 heteroatoms. The number of benzene rings is 1. The van der Waals surface area contributed by atoms with E-state index in [2.05, 4.69) is 4.98 Å². The van der Waals surface area contributed by atoms with Crippen molar-refractivity contribution in [3.8, 4) is 5.75 Å². The fraction of sp³-hybridized carbons (Fsp3) is 0.333. The number of hydrogen-bond donors (Lipinski definition) is 0. The fourth-order valence-corrected chi connectivity index (χ4v) is 2.31. The quantitative estimate of drug-likeness (QED) is 0.792. The molecular weight excluding hydrogens is 276 g/mol. The molecule has 1 heterocycles. The molecule has 0 saturated heterocycles. The summed E-state index contributed by atoms with van der Waals surface area (Å²) in [5.74, 6) is 1.36. The second kappa shape index (κ2) is 6.09. The van der Waals surface area contributed by atoms with Crippen molar-refractivity contribution >= 4 is 33.6 Å². The average molecular weight is 293 g/mol. The van der Waals surface area contributed by atoms with Gasteiger partial charge in [0.25, 0.3) is 5.24 Å². The Hall–Kier alpha value is -1.81. The summed E-state index contributed by atoms with van der Waals surface area (Å²) in [5.41, 5.74) is 1.22. The standard InChI is InChI=1S/C15H17ClN2O2/c1-4-18(5-2)15-12(14(16)19)8-10-6-7-11(20-3)9-13(10)17-15/h6-9H,4-5H2,1-3H3. The fourth-order valence-electron chi connectivity index (χ4n) is 2.17. The highest BCUT2D eigenvalue weighted by Gasteiger charge is 2.16. The van der Waals surface area contributed by atoms with E-state index in [1.54, 1.807) is 13.2 Å². The molecule has 1 aromatic heterocycles. The van der Waals surface area contributed by atoms with Crippen molar-refractivity contribution in [2.75, 3.05) is 25.1 Å². The largest absolute Gasteiger partial charge is 0.497 e. The van der Waals surface area contributed by atoms with Crippen LogP contribution in [0.4, 0.5) is 5.82 Å². The molecule has 106 valence electrons. The van der Waals surface area contributed by atoms with E-state index < -0.39 is 5.24 Å². The van der Waals surface area contributed by atoms with Gasteiger partial charge in [-0.15, -0.1) is 0 Å². The summed E-state index contributed by atoms with van der Waals surface area (Å²) in [6.45, 7) is 5.55. The average Bonchev–Trinajstić information content (AvgIpc) is 2.47. The number of methoxy groups -OCH3 is 1. The van der Waals surface area contributed by atoms with E-state index in [1.807, 2.05) is 36.9 Å². The summed E-state index contributed by atoms with van der Waals surface area (Å²) in [4.78, 5) is 18.2. The molecule has 20 heavy (non-hydrogen) atoms. The van der Waals surface area contributed by atoms with E-state index >= 15 is 0 Å². The molecule has 0 fully saturated rings. The summed E-state index contributed by atoms with van der Waals surface area (Å²) in [5, 5.41) is 0.378. The van der Waals surface area contributed by atoms with Crippen LogP contribution >= 0.6 is 11.6 Å². The minimum Gasteiger partial charge on any atom is -0.497 e. The number of aromatic nitrogens is 1. The van der Waals surface area contributed by atoms with Gasteiger partial charge in [-0.05, 0) is 43.6 Å². The van der Waals surface area contributed by atoms with Gasteiger partial charge in [-0.1, -0.05) is 0 Å². The molecule has 2 rings (SSSR count). The SMILES string of the molecule is CCN(CC)c1nc2cc(OC)ccc2cc1C(=O)Cl. The number of ether oxygens (including phenoxy) is 1. The second-order valence-corrected chi connectivity index (χ2v) is 4.71. The van der Waals surface area contributed by atoms with Crippen molar-refractivity contribution < 1.29 is 9.53 Å². The molecule has 0 aliphatic carbocycles. The maximum atomic E-state index is 11.6. The molecule has 0 atom stereocenters. The van der Waals surface area contributed by atoms with Crippen LogP contribution in [-0.4, -0.2) is 30.4 Å². The molecule has 0 spiro atoms. The Kier molecular flexibility index (Phi) is 4.45. The minimum absolute atomic E-state index is 0.438. The molecule has 4 nitrogen and oxygen atoms in total. The van der Waals surface area contributed by atoms with Gasteiger partial charge in [0.1, 0.15) is 11.6 Å². The van der Waals surface area contributed by atoms with E-state index in [-0.39, 0.29) is 0 Å². The molecule has 0 amide bonds. The van der Waals surface area contributed by atoms with E-state index in [0.29, 0.717) is 11.4 Å². The van der Waals surface area contributed by atoms with E-state index in [4.69, 9.17) is 16.3 Å². The van der Waals surface area contributed by atoms with Gasteiger partial charge in [-0.25, -0.2) is 4.98 Å². The minimum atomic E-state index is -0.489. The lowest BCUT2D eigenvalue weighted by Gasteiger charge is -2.22. The molecule has 0 unspecified atom stereocenters. The van der Waals surface area contributed by atoms with Crippen LogP contribution in [0.3, 0.4) is 0 Å². The molecule has 0 radical (unpaired) electrons. The molecule has 0 N–H and O–H groups in total. The van der Waals surface area contributed by atoms with Crippen LogP contribution in [0.15, 0.2) is 24.3 Å². The van der Waals surface area contributed by atoms with E-state index in [1.165, 1.54) is 0 Å². The summed E-state index contributed by atoms with van der Waals surface area (Å²) in [6.07, 6.45) is 0. The van der Waals surface area contributed by atoms with Gasteiger partial charge in [0.2, 0.25) is 0 Å². The molecule has 2 aromatic rings. The normalized spacial score (nSPS) is 10.6. The number of anilines is 1. The summed E-state index contributed by atoms with van der Waals surface area (Å²) < 4.78 is 5.21. The van der Waals surface area contributed by atoms with Crippen LogP contribution in [0.5, 0.6) is 5.75 Å². The number of halogens is 1. The number of pyridine rings is 1. The van der Waals surface area contributed by atoms with E-state index in [9.17, 15) is 4.79 Å². The summed E-state index contributed by atoms with van der Waals surface area (Å²) in [7, 11) is 1.61. The zero-order valence-electron chi connectivity index (χ0n) is 11.8. The van der Waals surface area contributed by atoms with Gasteiger partial charge in [0, 0.05) is 24.5 Å². The van der Waals surface area contributed by atoms with Crippen LogP contribution in [0.25, 0.3) is 10.9 Å². The maximum absolute atomic E-state index is 11.6. The first-order chi connectivity index (χ1) is 9.60. The van der Waals surface area contributed by atoms with Crippen LogP contribution in [0.1, 0.15) is 24.2 Å². The first-order valence-corrected chi connectivity index (χ1v) is 6.92. The number of nitrogens with zero attached hydrogens (tertiary/aromatic N) is 2. The van der Waals surface area contributed by atoms with Crippen molar-refractivity contribution in [3.63, 3.8) is 0 Å². The molecule has 0 aliphatic rings. The highest BCUT2D eigenvalue weighted by Crippen LogP contribution is 2.27. The van der Waals surface area contributed by atoms with Crippen LogP contribution in [-0.2, 0) is 0 Å². The Labute approximate surface area is 123 Å².